The number of ether oxygens (including phenoxy) is 1. The van der Waals surface area contributed by atoms with Crippen molar-refractivity contribution >= 4 is 28.5 Å². The molecule has 0 aromatic carbocycles. The van der Waals surface area contributed by atoms with Gasteiger partial charge in [0.25, 0.3) is 0 Å². The van der Waals surface area contributed by atoms with Gasteiger partial charge in [-0.1, -0.05) is 22.6 Å². The highest BCUT2D eigenvalue weighted by Crippen LogP contribution is 1.82. The lowest BCUT2D eigenvalue weighted by Gasteiger charge is -2.02. The Balaban J connectivity index is 2.85. The van der Waals surface area contributed by atoms with Crippen LogP contribution in [0.4, 0.5) is 0 Å². The number of halogens is 1. The molecule has 0 heterocycles. The summed E-state index contributed by atoms with van der Waals surface area (Å²) < 4.78 is 6.05. The molecule has 1 amide bonds. The maximum atomic E-state index is 10.3. The van der Waals surface area contributed by atoms with Crippen LogP contribution in [0, 0.1) is 0 Å². The highest BCUT2D eigenvalue weighted by Gasteiger charge is 1.90. The van der Waals surface area contributed by atoms with Crippen LogP contribution >= 0.6 is 22.6 Å². The van der Waals surface area contributed by atoms with Crippen LogP contribution in [0.15, 0.2) is 0 Å². The Morgan fingerprint density at radius 3 is 2.73 bits per heavy atom. The average Bonchev–Trinajstić information content (AvgIpc) is 1.96. The third kappa shape index (κ3) is 10.1. The van der Waals surface area contributed by atoms with Crippen molar-refractivity contribution in [3.8, 4) is 0 Å². The van der Waals surface area contributed by atoms with Gasteiger partial charge in [0, 0.05) is 11.4 Å². The monoisotopic (exact) mass is 273 g/mol. The first kappa shape index (κ1) is 11.1. The predicted octanol–water partition coefficient (Wildman–Crippen LogP) is 0.506. The molecule has 0 bridgehead atoms. The molecule has 4 nitrogen and oxygen atoms in total. The lowest BCUT2D eigenvalue weighted by atomic mass is 10.7. The van der Waals surface area contributed by atoms with E-state index in [1.54, 1.807) is 0 Å². The molecule has 5 heteroatoms. The standard InChI is InChI=1S/C6H12INO3/c1-6(9)8-11-5-4-10-3-2-7/h2-5H2,1H3,(H,8,9). The summed E-state index contributed by atoms with van der Waals surface area (Å²) in [4.78, 5) is 15.0. The van der Waals surface area contributed by atoms with Crippen LogP contribution in [0.25, 0.3) is 0 Å². The summed E-state index contributed by atoms with van der Waals surface area (Å²) in [5.41, 5.74) is 2.20. The zero-order valence-electron chi connectivity index (χ0n) is 6.43. The van der Waals surface area contributed by atoms with Gasteiger partial charge in [0.15, 0.2) is 0 Å². The maximum Gasteiger partial charge on any atom is 0.240 e. The number of hydrogen-bond donors (Lipinski definition) is 1. The molecule has 0 spiro atoms. The van der Waals surface area contributed by atoms with Gasteiger partial charge in [0.2, 0.25) is 5.91 Å². The van der Waals surface area contributed by atoms with Gasteiger partial charge in [-0.2, -0.15) is 0 Å². The molecule has 0 radical (unpaired) electrons. The van der Waals surface area contributed by atoms with Crippen LogP contribution < -0.4 is 5.48 Å². The van der Waals surface area contributed by atoms with Gasteiger partial charge in [-0.05, 0) is 0 Å². The lowest BCUT2D eigenvalue weighted by molar-refractivity contribution is -0.132. The largest absolute Gasteiger partial charge is 0.378 e. The molecule has 66 valence electrons. The average molecular weight is 273 g/mol. The third-order valence-corrected chi connectivity index (χ3v) is 1.21. The summed E-state index contributed by atoms with van der Waals surface area (Å²) in [5.74, 6) is -0.195. The highest BCUT2D eigenvalue weighted by atomic mass is 127. The van der Waals surface area contributed by atoms with E-state index in [-0.39, 0.29) is 5.91 Å². The number of hydrogen-bond acceptors (Lipinski definition) is 3. The molecule has 0 fully saturated rings. The fraction of sp³-hybridized carbons (Fsp3) is 0.833. The summed E-state index contributed by atoms with van der Waals surface area (Å²) in [5, 5.41) is 0. The van der Waals surface area contributed by atoms with Crippen molar-refractivity contribution < 1.29 is 14.4 Å². The van der Waals surface area contributed by atoms with E-state index in [0.717, 1.165) is 11.0 Å². The summed E-state index contributed by atoms with van der Waals surface area (Å²) >= 11 is 2.22. The number of rotatable bonds is 6. The smallest absolute Gasteiger partial charge is 0.240 e. The summed E-state index contributed by atoms with van der Waals surface area (Å²) in [6, 6.07) is 0. The molecule has 0 aromatic heterocycles. The number of hydroxylamine groups is 1. The molecule has 0 aliphatic carbocycles. The molecule has 11 heavy (non-hydrogen) atoms. The van der Waals surface area contributed by atoms with Crippen molar-refractivity contribution in [2.75, 3.05) is 24.2 Å². The van der Waals surface area contributed by atoms with Crippen molar-refractivity contribution in [2.45, 2.75) is 6.92 Å². The van der Waals surface area contributed by atoms with Crippen molar-refractivity contribution in [2.24, 2.45) is 0 Å². The second kappa shape index (κ2) is 8.22. The van der Waals surface area contributed by atoms with Crippen molar-refractivity contribution in [1.82, 2.24) is 5.48 Å². The number of carbonyl (C=O) groups is 1. The molecule has 1 N–H and O–H groups in total. The van der Waals surface area contributed by atoms with E-state index in [0.29, 0.717) is 13.2 Å². The summed E-state index contributed by atoms with van der Waals surface area (Å²) in [6.07, 6.45) is 0. The quantitative estimate of drug-likeness (QED) is 0.332. The Morgan fingerprint density at radius 2 is 2.18 bits per heavy atom. The summed E-state index contributed by atoms with van der Waals surface area (Å²) in [7, 11) is 0. The van der Waals surface area contributed by atoms with Crippen LogP contribution in [0.2, 0.25) is 0 Å². The number of nitrogens with one attached hydrogen (secondary N) is 1. The molecule has 0 saturated heterocycles. The SMILES string of the molecule is CC(=O)NOCCOCCI. The molecule has 0 saturated carbocycles. The number of carbonyl (C=O) groups excluding carboxylic acids is 1. The van der Waals surface area contributed by atoms with E-state index in [4.69, 9.17) is 9.57 Å². The zero-order chi connectivity index (χ0) is 8.53. The summed E-state index contributed by atoms with van der Waals surface area (Å²) in [6.45, 7) is 3.04. The number of amides is 1. The van der Waals surface area contributed by atoms with Crippen LogP contribution in [-0.2, 0) is 14.4 Å². The number of alkyl halides is 1. The highest BCUT2D eigenvalue weighted by molar-refractivity contribution is 14.1. The fourth-order valence-corrected chi connectivity index (χ4v) is 0.721. The second-order valence-electron chi connectivity index (χ2n) is 1.81. The Labute approximate surface area is 79.7 Å². The predicted molar refractivity (Wildman–Crippen MR) is 49.5 cm³/mol. The second-order valence-corrected chi connectivity index (χ2v) is 2.89. The van der Waals surface area contributed by atoms with Crippen LogP contribution in [0.5, 0.6) is 0 Å². The Bertz CT molecular complexity index is 110. The van der Waals surface area contributed by atoms with Crippen LogP contribution in [0.3, 0.4) is 0 Å². The molecule has 0 aliphatic rings. The molecular formula is C6H12INO3. The molecule has 0 aromatic rings. The Kier molecular flexibility index (Phi) is 8.31. The van der Waals surface area contributed by atoms with Gasteiger partial charge in [0.1, 0.15) is 0 Å². The molecule has 0 unspecified atom stereocenters. The Morgan fingerprint density at radius 1 is 1.45 bits per heavy atom. The minimum Gasteiger partial charge on any atom is -0.378 e. The van der Waals surface area contributed by atoms with E-state index in [1.165, 1.54) is 6.92 Å². The van der Waals surface area contributed by atoms with Gasteiger partial charge in [-0.25, -0.2) is 5.48 Å². The topological polar surface area (TPSA) is 47.6 Å². The van der Waals surface area contributed by atoms with E-state index in [9.17, 15) is 4.79 Å². The van der Waals surface area contributed by atoms with Gasteiger partial charge in [-0.15, -0.1) is 0 Å². The maximum absolute atomic E-state index is 10.3. The minimum atomic E-state index is -0.195. The molecular weight excluding hydrogens is 261 g/mol. The van der Waals surface area contributed by atoms with E-state index < -0.39 is 0 Å². The van der Waals surface area contributed by atoms with Crippen molar-refractivity contribution in [3.05, 3.63) is 0 Å². The van der Waals surface area contributed by atoms with Gasteiger partial charge in [0.05, 0.1) is 19.8 Å². The van der Waals surface area contributed by atoms with Crippen molar-refractivity contribution in [3.63, 3.8) is 0 Å². The Hall–Kier alpha value is 0.120. The van der Waals surface area contributed by atoms with Gasteiger partial charge >= 0.3 is 0 Å². The van der Waals surface area contributed by atoms with E-state index in [1.807, 2.05) is 0 Å². The van der Waals surface area contributed by atoms with E-state index >= 15 is 0 Å². The first-order valence-corrected chi connectivity index (χ1v) is 4.82. The fourth-order valence-electron chi connectivity index (χ4n) is 0.410. The first-order chi connectivity index (χ1) is 5.27. The van der Waals surface area contributed by atoms with Crippen LogP contribution in [-0.4, -0.2) is 30.2 Å². The van der Waals surface area contributed by atoms with Gasteiger partial charge in [-0.3, -0.25) is 9.63 Å². The first-order valence-electron chi connectivity index (χ1n) is 3.29. The third-order valence-electron chi connectivity index (χ3n) is 0.767. The minimum absolute atomic E-state index is 0.195. The van der Waals surface area contributed by atoms with Gasteiger partial charge < -0.3 is 4.74 Å². The van der Waals surface area contributed by atoms with E-state index in [2.05, 4.69) is 28.1 Å². The zero-order valence-corrected chi connectivity index (χ0v) is 8.59. The molecule has 0 atom stereocenters. The normalized spacial score (nSPS) is 9.64. The van der Waals surface area contributed by atoms with Crippen LogP contribution in [0.1, 0.15) is 6.92 Å². The molecule has 0 aliphatic heterocycles. The lowest BCUT2D eigenvalue weighted by Crippen LogP contribution is -2.22. The molecule has 0 rings (SSSR count). The van der Waals surface area contributed by atoms with Crippen molar-refractivity contribution in [1.29, 1.82) is 0 Å².